The predicted molar refractivity (Wildman–Crippen MR) is 59.6 cm³/mol. The molecule has 82 valence electrons. The molecule has 1 aliphatic rings. The molecule has 1 rings (SSSR count). The molecule has 1 heterocycles. The summed E-state index contributed by atoms with van der Waals surface area (Å²) in [5.41, 5.74) is 3.68. The van der Waals surface area contributed by atoms with Gasteiger partial charge in [0, 0.05) is 11.6 Å². The van der Waals surface area contributed by atoms with Gasteiger partial charge >= 0.3 is 6.09 Å². The van der Waals surface area contributed by atoms with E-state index >= 15 is 0 Å². The summed E-state index contributed by atoms with van der Waals surface area (Å²) < 4.78 is 5.14. The Hall–Kier alpha value is -1.58. The molecule has 0 aliphatic carbocycles. The third-order valence-electron chi connectivity index (χ3n) is 2.23. The molecule has 15 heavy (non-hydrogen) atoms. The summed E-state index contributed by atoms with van der Waals surface area (Å²) in [5.74, 6) is 0. The quantitative estimate of drug-likeness (QED) is 0.716. The van der Waals surface area contributed by atoms with E-state index in [9.17, 15) is 4.79 Å². The van der Waals surface area contributed by atoms with E-state index in [1.807, 2.05) is 26.8 Å². The van der Waals surface area contributed by atoms with Crippen molar-refractivity contribution in [2.24, 2.45) is 16.1 Å². The van der Waals surface area contributed by atoms with Gasteiger partial charge in [-0.15, -0.1) is 0 Å². The van der Waals surface area contributed by atoms with Crippen LogP contribution in [0.1, 0.15) is 20.8 Å². The fourth-order valence-corrected chi connectivity index (χ4v) is 1.31. The average Bonchev–Trinajstić information content (AvgIpc) is 2.28. The van der Waals surface area contributed by atoms with Crippen molar-refractivity contribution in [1.82, 2.24) is 0 Å². The van der Waals surface area contributed by atoms with Crippen LogP contribution in [-0.2, 0) is 4.74 Å². The van der Waals surface area contributed by atoms with Crippen LogP contribution < -0.4 is 5.73 Å². The number of allylic oxidation sites excluding steroid dienone is 3. The Kier molecular flexibility index (Phi) is 2.98. The molecule has 0 radical (unpaired) electrons. The SMILES string of the molecule is CC(C)(C)C1(OC(N)=O)C=CC=CC=N1. The Morgan fingerprint density at radius 3 is 2.53 bits per heavy atom. The molecular formula is C11H16N2O2. The highest BCUT2D eigenvalue weighted by Crippen LogP contribution is 2.37. The minimum Gasteiger partial charge on any atom is -0.417 e. The Morgan fingerprint density at radius 1 is 1.33 bits per heavy atom. The number of nitrogens with two attached hydrogens (primary N) is 1. The molecule has 0 aromatic rings. The lowest BCUT2D eigenvalue weighted by Gasteiger charge is -2.37. The van der Waals surface area contributed by atoms with Gasteiger partial charge in [0.2, 0.25) is 5.72 Å². The molecule has 0 aromatic carbocycles. The standard InChI is InChI=1S/C11H16N2O2/c1-10(2,3)11(15-9(12)14)7-5-4-6-8-13-11/h4-8H,1-3H3,(H2,12,14). The number of primary amides is 1. The van der Waals surface area contributed by atoms with Crippen LogP contribution in [-0.4, -0.2) is 18.0 Å². The summed E-state index contributed by atoms with van der Waals surface area (Å²) in [7, 11) is 0. The fourth-order valence-electron chi connectivity index (χ4n) is 1.31. The average molecular weight is 208 g/mol. The second-order valence-corrected chi connectivity index (χ2v) is 4.39. The van der Waals surface area contributed by atoms with Gasteiger partial charge in [0.25, 0.3) is 0 Å². The number of carbonyl (C=O) groups excluding carboxylic acids is 1. The molecule has 1 unspecified atom stereocenters. The van der Waals surface area contributed by atoms with Gasteiger partial charge in [-0.3, -0.25) is 0 Å². The Balaban J connectivity index is 3.12. The van der Waals surface area contributed by atoms with Crippen molar-refractivity contribution in [3.8, 4) is 0 Å². The maximum atomic E-state index is 10.9. The number of rotatable bonds is 1. The molecule has 0 aromatic heterocycles. The number of amides is 1. The van der Waals surface area contributed by atoms with Crippen molar-refractivity contribution in [3.05, 3.63) is 24.3 Å². The first-order valence-electron chi connectivity index (χ1n) is 4.75. The molecule has 4 heteroatoms. The van der Waals surface area contributed by atoms with E-state index < -0.39 is 11.8 Å². The van der Waals surface area contributed by atoms with E-state index in [2.05, 4.69) is 4.99 Å². The number of ether oxygens (including phenoxy) is 1. The Morgan fingerprint density at radius 2 is 2.00 bits per heavy atom. The first-order valence-corrected chi connectivity index (χ1v) is 4.75. The zero-order chi connectivity index (χ0) is 11.5. The van der Waals surface area contributed by atoms with E-state index in [0.29, 0.717) is 0 Å². The van der Waals surface area contributed by atoms with Crippen LogP contribution in [0.5, 0.6) is 0 Å². The molecule has 0 fully saturated rings. The first kappa shape index (κ1) is 11.5. The van der Waals surface area contributed by atoms with Gasteiger partial charge in [-0.25, -0.2) is 9.79 Å². The van der Waals surface area contributed by atoms with Crippen LogP contribution in [0, 0.1) is 5.41 Å². The third kappa shape index (κ3) is 2.46. The van der Waals surface area contributed by atoms with Crippen LogP contribution >= 0.6 is 0 Å². The maximum absolute atomic E-state index is 10.9. The lowest BCUT2D eigenvalue weighted by molar-refractivity contribution is -0.0188. The lowest BCUT2D eigenvalue weighted by atomic mass is 9.83. The molecule has 0 saturated carbocycles. The van der Waals surface area contributed by atoms with Gasteiger partial charge in [-0.2, -0.15) is 0 Å². The normalized spacial score (nSPS) is 25.0. The summed E-state index contributed by atoms with van der Waals surface area (Å²) in [4.78, 5) is 15.1. The number of carbonyl (C=O) groups is 1. The first-order chi connectivity index (χ1) is 6.87. The monoisotopic (exact) mass is 208 g/mol. The van der Waals surface area contributed by atoms with E-state index in [1.165, 1.54) is 0 Å². The van der Waals surface area contributed by atoms with Gasteiger partial charge < -0.3 is 10.5 Å². The third-order valence-corrected chi connectivity index (χ3v) is 2.23. The van der Waals surface area contributed by atoms with Crippen molar-refractivity contribution in [2.45, 2.75) is 26.5 Å². The van der Waals surface area contributed by atoms with Crippen LogP contribution in [0.2, 0.25) is 0 Å². The number of nitrogens with zero attached hydrogens (tertiary/aromatic N) is 1. The highest BCUT2D eigenvalue weighted by atomic mass is 16.6. The molecule has 1 aliphatic heterocycles. The predicted octanol–water partition coefficient (Wildman–Crippen LogP) is 2.02. The highest BCUT2D eigenvalue weighted by molar-refractivity contribution is 5.73. The Labute approximate surface area is 89.5 Å². The summed E-state index contributed by atoms with van der Waals surface area (Å²) in [6.45, 7) is 5.80. The van der Waals surface area contributed by atoms with Crippen LogP contribution in [0.25, 0.3) is 0 Å². The maximum Gasteiger partial charge on any atom is 0.406 e. The van der Waals surface area contributed by atoms with Crippen molar-refractivity contribution in [2.75, 3.05) is 0 Å². The van der Waals surface area contributed by atoms with Gasteiger partial charge in [-0.05, 0) is 12.2 Å². The summed E-state index contributed by atoms with van der Waals surface area (Å²) in [6, 6.07) is 0. The van der Waals surface area contributed by atoms with Crippen molar-refractivity contribution in [1.29, 1.82) is 0 Å². The van der Waals surface area contributed by atoms with Crippen molar-refractivity contribution < 1.29 is 9.53 Å². The number of hydrogen-bond acceptors (Lipinski definition) is 3. The summed E-state index contributed by atoms with van der Waals surface area (Å²) in [5, 5.41) is 0. The van der Waals surface area contributed by atoms with Crippen LogP contribution in [0.3, 0.4) is 0 Å². The smallest absolute Gasteiger partial charge is 0.406 e. The number of hydrogen-bond donors (Lipinski definition) is 1. The van der Waals surface area contributed by atoms with E-state index in [-0.39, 0.29) is 5.41 Å². The molecule has 0 saturated heterocycles. The minimum absolute atomic E-state index is 0.360. The number of aliphatic imine (C=N–C) groups is 1. The molecule has 1 amide bonds. The van der Waals surface area contributed by atoms with Crippen LogP contribution in [0.15, 0.2) is 29.3 Å². The van der Waals surface area contributed by atoms with E-state index in [1.54, 1.807) is 24.4 Å². The molecular weight excluding hydrogens is 192 g/mol. The second-order valence-electron chi connectivity index (χ2n) is 4.39. The minimum atomic E-state index is -1.03. The van der Waals surface area contributed by atoms with Crippen molar-refractivity contribution >= 4 is 12.3 Å². The molecule has 0 bridgehead atoms. The topological polar surface area (TPSA) is 64.7 Å². The van der Waals surface area contributed by atoms with Gasteiger partial charge in [-0.1, -0.05) is 32.9 Å². The van der Waals surface area contributed by atoms with Crippen LogP contribution in [0.4, 0.5) is 4.79 Å². The fraction of sp³-hybridized carbons (Fsp3) is 0.455. The summed E-state index contributed by atoms with van der Waals surface area (Å²) in [6.07, 6.45) is 7.90. The Bertz CT molecular complexity index is 319. The van der Waals surface area contributed by atoms with Gasteiger partial charge in [0.15, 0.2) is 0 Å². The summed E-state index contributed by atoms with van der Waals surface area (Å²) >= 11 is 0. The zero-order valence-electron chi connectivity index (χ0n) is 9.23. The van der Waals surface area contributed by atoms with E-state index in [0.717, 1.165) is 0 Å². The van der Waals surface area contributed by atoms with E-state index in [4.69, 9.17) is 10.5 Å². The molecule has 2 N–H and O–H groups in total. The highest BCUT2D eigenvalue weighted by Gasteiger charge is 2.43. The largest absolute Gasteiger partial charge is 0.417 e. The second kappa shape index (κ2) is 3.88. The molecule has 1 atom stereocenters. The van der Waals surface area contributed by atoms with Gasteiger partial charge in [0.1, 0.15) is 0 Å². The molecule has 4 nitrogen and oxygen atoms in total. The van der Waals surface area contributed by atoms with Gasteiger partial charge in [0.05, 0.1) is 0 Å². The molecule has 0 spiro atoms. The zero-order valence-corrected chi connectivity index (χ0v) is 9.23. The van der Waals surface area contributed by atoms with Crippen molar-refractivity contribution in [3.63, 3.8) is 0 Å². The lowest BCUT2D eigenvalue weighted by Crippen LogP contribution is -2.45.